The minimum Gasteiger partial charge on any atom is -0.450 e. The van der Waals surface area contributed by atoms with Crippen LogP contribution in [0.2, 0.25) is 0 Å². The summed E-state index contributed by atoms with van der Waals surface area (Å²) < 4.78 is 6.37. The van der Waals surface area contributed by atoms with E-state index in [0.717, 1.165) is 0 Å². The van der Waals surface area contributed by atoms with E-state index >= 15 is 0 Å². The Hall–Kier alpha value is -2.83. The van der Waals surface area contributed by atoms with E-state index in [1.165, 1.54) is 0 Å². The fourth-order valence-corrected chi connectivity index (χ4v) is 1.68. The zero-order valence-corrected chi connectivity index (χ0v) is 11.8. The lowest BCUT2D eigenvalue weighted by molar-refractivity contribution is 0.102. The summed E-state index contributed by atoms with van der Waals surface area (Å²) in [5.41, 5.74) is 1.66. The summed E-state index contributed by atoms with van der Waals surface area (Å²) in [5.74, 6) is -0.245. The minimum atomic E-state index is -0.523. The van der Waals surface area contributed by atoms with Crippen LogP contribution in [0.15, 0.2) is 36.7 Å². The van der Waals surface area contributed by atoms with E-state index in [9.17, 15) is 9.59 Å². The number of aromatic nitrogens is 2. The van der Waals surface area contributed by atoms with E-state index in [0.29, 0.717) is 23.5 Å². The van der Waals surface area contributed by atoms with Gasteiger partial charge in [-0.25, -0.2) is 4.79 Å². The average Bonchev–Trinajstić information content (AvgIpc) is 2.85. The molecule has 0 fully saturated rings. The SMILES string of the molecule is CCOC(=O)Nc1ccc(C(=O)Nc2cnn(C)c2)cc1. The van der Waals surface area contributed by atoms with E-state index in [4.69, 9.17) is 4.74 Å². The number of amides is 2. The van der Waals surface area contributed by atoms with E-state index in [1.807, 2.05) is 0 Å². The monoisotopic (exact) mass is 288 g/mol. The highest BCUT2D eigenvalue weighted by Gasteiger charge is 2.08. The van der Waals surface area contributed by atoms with Gasteiger partial charge >= 0.3 is 6.09 Å². The van der Waals surface area contributed by atoms with Crippen LogP contribution < -0.4 is 10.6 Å². The number of benzene rings is 1. The minimum absolute atomic E-state index is 0.245. The zero-order chi connectivity index (χ0) is 15.2. The van der Waals surface area contributed by atoms with Gasteiger partial charge in [0.2, 0.25) is 0 Å². The molecule has 1 heterocycles. The maximum absolute atomic E-state index is 12.0. The highest BCUT2D eigenvalue weighted by molar-refractivity contribution is 6.04. The lowest BCUT2D eigenvalue weighted by Crippen LogP contribution is -2.14. The van der Waals surface area contributed by atoms with Crippen molar-refractivity contribution in [3.63, 3.8) is 0 Å². The van der Waals surface area contributed by atoms with Gasteiger partial charge in [-0.15, -0.1) is 0 Å². The van der Waals surface area contributed by atoms with Crippen molar-refractivity contribution in [1.29, 1.82) is 0 Å². The number of carbonyl (C=O) groups is 2. The molecule has 0 saturated carbocycles. The number of hydrogen-bond acceptors (Lipinski definition) is 4. The number of rotatable bonds is 4. The second kappa shape index (κ2) is 6.56. The second-order valence-electron chi connectivity index (χ2n) is 4.28. The summed E-state index contributed by atoms with van der Waals surface area (Å²) in [5, 5.41) is 9.25. The van der Waals surface area contributed by atoms with Crippen molar-refractivity contribution in [3.8, 4) is 0 Å². The summed E-state index contributed by atoms with van der Waals surface area (Å²) in [6.07, 6.45) is 2.74. The first kappa shape index (κ1) is 14.6. The fraction of sp³-hybridized carbons (Fsp3) is 0.214. The van der Waals surface area contributed by atoms with Crippen LogP contribution in [0.25, 0.3) is 0 Å². The third kappa shape index (κ3) is 4.07. The number of hydrogen-bond donors (Lipinski definition) is 2. The molecule has 1 aromatic carbocycles. The van der Waals surface area contributed by atoms with Crippen molar-refractivity contribution in [2.24, 2.45) is 7.05 Å². The summed E-state index contributed by atoms with van der Waals surface area (Å²) in [7, 11) is 1.77. The Kier molecular flexibility index (Phi) is 4.55. The molecule has 0 saturated heterocycles. The van der Waals surface area contributed by atoms with Crippen LogP contribution in [0.1, 0.15) is 17.3 Å². The molecule has 110 valence electrons. The Bertz CT molecular complexity index is 634. The molecule has 0 unspecified atom stereocenters. The number of anilines is 2. The summed E-state index contributed by atoms with van der Waals surface area (Å²) in [6.45, 7) is 2.03. The summed E-state index contributed by atoms with van der Waals surface area (Å²) in [4.78, 5) is 23.3. The predicted octanol–water partition coefficient (Wildman–Crippen LogP) is 2.24. The van der Waals surface area contributed by atoms with Crippen LogP contribution >= 0.6 is 0 Å². The Labute approximate surface area is 121 Å². The number of aryl methyl sites for hydroxylation is 1. The Balaban J connectivity index is 1.98. The molecule has 0 atom stereocenters. The standard InChI is InChI=1S/C14H16N4O3/c1-3-21-14(20)17-11-6-4-10(5-7-11)13(19)16-12-8-15-18(2)9-12/h4-9H,3H2,1-2H3,(H,16,19)(H,17,20). The molecule has 0 bridgehead atoms. The number of ether oxygens (including phenoxy) is 1. The van der Waals surface area contributed by atoms with Gasteiger partial charge in [-0.1, -0.05) is 0 Å². The van der Waals surface area contributed by atoms with Gasteiger partial charge in [0.05, 0.1) is 18.5 Å². The van der Waals surface area contributed by atoms with Crippen LogP contribution in [0.4, 0.5) is 16.2 Å². The van der Waals surface area contributed by atoms with Crippen LogP contribution in [0.5, 0.6) is 0 Å². The number of nitrogens with one attached hydrogen (secondary N) is 2. The molecule has 0 aliphatic heterocycles. The average molecular weight is 288 g/mol. The van der Waals surface area contributed by atoms with Crippen molar-refractivity contribution < 1.29 is 14.3 Å². The molecule has 0 aliphatic carbocycles. The van der Waals surface area contributed by atoms with Crippen molar-refractivity contribution in [1.82, 2.24) is 9.78 Å². The third-order valence-corrected chi connectivity index (χ3v) is 2.63. The van der Waals surface area contributed by atoms with Crippen LogP contribution in [0, 0.1) is 0 Å². The smallest absolute Gasteiger partial charge is 0.411 e. The van der Waals surface area contributed by atoms with E-state index < -0.39 is 6.09 Å². The molecule has 7 heteroatoms. The normalized spacial score (nSPS) is 10.0. The van der Waals surface area contributed by atoms with E-state index in [1.54, 1.807) is 55.3 Å². The third-order valence-electron chi connectivity index (χ3n) is 2.63. The summed E-state index contributed by atoms with van der Waals surface area (Å²) in [6, 6.07) is 6.50. The molecule has 1 aromatic heterocycles. The first-order valence-electron chi connectivity index (χ1n) is 6.42. The molecule has 2 amide bonds. The zero-order valence-electron chi connectivity index (χ0n) is 11.8. The van der Waals surface area contributed by atoms with Crippen molar-refractivity contribution in [2.45, 2.75) is 6.92 Å². The fourth-order valence-electron chi connectivity index (χ4n) is 1.68. The quantitative estimate of drug-likeness (QED) is 0.903. The molecule has 0 aliphatic rings. The van der Waals surface area contributed by atoms with Gasteiger partial charge in [-0.2, -0.15) is 5.10 Å². The maximum Gasteiger partial charge on any atom is 0.411 e. The Morgan fingerprint density at radius 3 is 2.48 bits per heavy atom. The first-order valence-corrected chi connectivity index (χ1v) is 6.42. The van der Waals surface area contributed by atoms with E-state index in [-0.39, 0.29) is 5.91 Å². The topological polar surface area (TPSA) is 85.2 Å². The number of carbonyl (C=O) groups excluding carboxylic acids is 2. The largest absolute Gasteiger partial charge is 0.450 e. The molecule has 0 spiro atoms. The molecular weight excluding hydrogens is 272 g/mol. The van der Waals surface area contributed by atoms with Crippen LogP contribution in [0.3, 0.4) is 0 Å². The van der Waals surface area contributed by atoms with Gasteiger partial charge in [0.25, 0.3) is 5.91 Å². The van der Waals surface area contributed by atoms with E-state index in [2.05, 4.69) is 15.7 Å². The molecule has 2 N–H and O–H groups in total. The molecule has 21 heavy (non-hydrogen) atoms. The van der Waals surface area contributed by atoms with Crippen molar-refractivity contribution in [3.05, 3.63) is 42.2 Å². The Morgan fingerprint density at radius 1 is 1.19 bits per heavy atom. The molecule has 0 radical (unpaired) electrons. The number of nitrogens with zero attached hydrogens (tertiary/aromatic N) is 2. The predicted molar refractivity (Wildman–Crippen MR) is 78.2 cm³/mol. The highest BCUT2D eigenvalue weighted by Crippen LogP contribution is 2.12. The van der Waals surface area contributed by atoms with Gasteiger partial charge in [0, 0.05) is 24.5 Å². The van der Waals surface area contributed by atoms with Crippen molar-refractivity contribution in [2.75, 3.05) is 17.2 Å². The van der Waals surface area contributed by atoms with Crippen LogP contribution in [-0.4, -0.2) is 28.4 Å². The molecule has 2 aromatic rings. The maximum atomic E-state index is 12.0. The van der Waals surface area contributed by atoms with Gasteiger partial charge in [-0.3, -0.25) is 14.8 Å². The van der Waals surface area contributed by atoms with Crippen LogP contribution in [-0.2, 0) is 11.8 Å². The first-order chi connectivity index (χ1) is 10.1. The molecule has 2 rings (SSSR count). The van der Waals surface area contributed by atoms with Gasteiger partial charge in [0.15, 0.2) is 0 Å². The Morgan fingerprint density at radius 2 is 1.90 bits per heavy atom. The van der Waals surface area contributed by atoms with Gasteiger partial charge in [-0.05, 0) is 31.2 Å². The molecular formula is C14H16N4O3. The highest BCUT2D eigenvalue weighted by atomic mass is 16.5. The molecule has 7 nitrogen and oxygen atoms in total. The van der Waals surface area contributed by atoms with Crippen molar-refractivity contribution >= 4 is 23.4 Å². The second-order valence-corrected chi connectivity index (χ2v) is 4.28. The summed E-state index contributed by atoms with van der Waals surface area (Å²) >= 11 is 0. The lowest BCUT2D eigenvalue weighted by atomic mass is 10.2. The van der Waals surface area contributed by atoms with Gasteiger partial charge < -0.3 is 10.1 Å². The lowest BCUT2D eigenvalue weighted by Gasteiger charge is -2.06. The van der Waals surface area contributed by atoms with Gasteiger partial charge in [0.1, 0.15) is 0 Å².